The van der Waals surface area contributed by atoms with E-state index in [1.165, 1.54) is 5.56 Å². The molecule has 0 aliphatic heterocycles. The van der Waals surface area contributed by atoms with Gasteiger partial charge >= 0.3 is 0 Å². The van der Waals surface area contributed by atoms with Crippen molar-refractivity contribution in [1.82, 2.24) is 9.55 Å². The molecule has 0 bridgehead atoms. The Bertz CT molecular complexity index is 729. The predicted molar refractivity (Wildman–Crippen MR) is 87.4 cm³/mol. The van der Waals surface area contributed by atoms with Gasteiger partial charge in [0.05, 0.1) is 5.69 Å². The molecule has 0 unspecified atom stereocenters. The van der Waals surface area contributed by atoms with E-state index in [0.29, 0.717) is 0 Å². The van der Waals surface area contributed by atoms with Crippen LogP contribution in [0.5, 0.6) is 0 Å². The van der Waals surface area contributed by atoms with E-state index >= 15 is 0 Å². The Morgan fingerprint density at radius 2 is 1.86 bits per heavy atom. The van der Waals surface area contributed by atoms with Crippen LogP contribution in [0.4, 0.5) is 11.6 Å². The summed E-state index contributed by atoms with van der Waals surface area (Å²) in [7, 11) is 0. The van der Waals surface area contributed by atoms with Crippen LogP contribution in [0.1, 0.15) is 18.2 Å². The first-order valence-electron chi connectivity index (χ1n) is 7.23. The SMILES string of the molecule is CCc1cccc(-n2cc(C)nc2Nc2ccccc2)c1. The largest absolute Gasteiger partial charge is 0.325 e. The zero-order valence-corrected chi connectivity index (χ0v) is 12.4. The molecule has 0 spiro atoms. The van der Waals surface area contributed by atoms with Crippen LogP contribution >= 0.6 is 0 Å². The lowest BCUT2D eigenvalue weighted by atomic mass is 10.1. The Morgan fingerprint density at radius 1 is 1.05 bits per heavy atom. The Kier molecular flexibility index (Phi) is 3.73. The highest BCUT2D eigenvalue weighted by Gasteiger charge is 2.08. The maximum atomic E-state index is 4.59. The average Bonchev–Trinajstić information content (AvgIpc) is 2.89. The number of imidazole rings is 1. The first-order chi connectivity index (χ1) is 10.3. The molecule has 0 aliphatic rings. The highest BCUT2D eigenvalue weighted by molar-refractivity contribution is 5.56. The molecular weight excluding hydrogens is 258 g/mol. The third-order valence-electron chi connectivity index (χ3n) is 3.45. The van der Waals surface area contributed by atoms with Crippen molar-refractivity contribution in [3.63, 3.8) is 0 Å². The number of hydrogen-bond donors (Lipinski definition) is 1. The second kappa shape index (κ2) is 5.83. The number of nitrogens with one attached hydrogen (secondary N) is 1. The molecular formula is C18H19N3. The van der Waals surface area contributed by atoms with Crippen molar-refractivity contribution >= 4 is 11.6 Å². The van der Waals surface area contributed by atoms with Crippen molar-refractivity contribution in [2.45, 2.75) is 20.3 Å². The zero-order valence-electron chi connectivity index (χ0n) is 12.4. The summed E-state index contributed by atoms with van der Waals surface area (Å²) in [5.41, 5.74) is 4.49. The molecule has 3 aromatic rings. The first kappa shape index (κ1) is 13.4. The number of rotatable bonds is 4. The first-order valence-corrected chi connectivity index (χ1v) is 7.23. The van der Waals surface area contributed by atoms with E-state index in [0.717, 1.165) is 29.4 Å². The monoisotopic (exact) mass is 277 g/mol. The zero-order chi connectivity index (χ0) is 14.7. The molecule has 3 nitrogen and oxygen atoms in total. The summed E-state index contributed by atoms with van der Waals surface area (Å²) in [5, 5.41) is 3.38. The topological polar surface area (TPSA) is 29.9 Å². The summed E-state index contributed by atoms with van der Waals surface area (Å²) in [4.78, 5) is 4.59. The van der Waals surface area contributed by atoms with Crippen molar-refractivity contribution in [3.05, 3.63) is 72.1 Å². The van der Waals surface area contributed by atoms with Gasteiger partial charge in [-0.05, 0) is 43.2 Å². The van der Waals surface area contributed by atoms with Gasteiger partial charge in [0.2, 0.25) is 5.95 Å². The number of para-hydroxylation sites is 1. The van der Waals surface area contributed by atoms with Gasteiger partial charge in [-0.25, -0.2) is 4.98 Å². The van der Waals surface area contributed by atoms with E-state index in [4.69, 9.17) is 0 Å². The van der Waals surface area contributed by atoms with E-state index in [1.54, 1.807) is 0 Å². The molecule has 0 saturated heterocycles. The molecule has 0 radical (unpaired) electrons. The smallest absolute Gasteiger partial charge is 0.212 e. The molecule has 3 heteroatoms. The van der Waals surface area contributed by atoms with E-state index in [1.807, 2.05) is 37.3 Å². The van der Waals surface area contributed by atoms with Gasteiger partial charge in [0.25, 0.3) is 0 Å². The van der Waals surface area contributed by atoms with Crippen LogP contribution < -0.4 is 5.32 Å². The maximum absolute atomic E-state index is 4.59. The minimum absolute atomic E-state index is 0.840. The van der Waals surface area contributed by atoms with Crippen molar-refractivity contribution in [2.24, 2.45) is 0 Å². The van der Waals surface area contributed by atoms with Gasteiger partial charge in [0.15, 0.2) is 0 Å². The fourth-order valence-electron chi connectivity index (χ4n) is 2.36. The molecule has 1 N–H and O–H groups in total. The number of aromatic nitrogens is 2. The summed E-state index contributed by atoms with van der Waals surface area (Å²) in [5.74, 6) is 0.840. The standard InChI is InChI=1S/C18H19N3/c1-3-15-8-7-11-17(12-15)21-13-14(2)19-18(21)20-16-9-5-4-6-10-16/h4-13H,3H2,1-2H3,(H,19,20). The van der Waals surface area contributed by atoms with Gasteiger partial charge in [0, 0.05) is 17.6 Å². The summed E-state index contributed by atoms with van der Waals surface area (Å²) in [6.45, 7) is 4.18. The fourth-order valence-corrected chi connectivity index (χ4v) is 2.36. The van der Waals surface area contributed by atoms with Gasteiger partial charge in [-0.15, -0.1) is 0 Å². The van der Waals surface area contributed by atoms with Crippen LogP contribution in [0.25, 0.3) is 5.69 Å². The number of nitrogens with zero attached hydrogens (tertiary/aromatic N) is 2. The average molecular weight is 277 g/mol. The highest BCUT2D eigenvalue weighted by Crippen LogP contribution is 2.21. The van der Waals surface area contributed by atoms with Gasteiger partial charge in [-0.2, -0.15) is 0 Å². The molecule has 0 aliphatic carbocycles. The molecule has 2 aromatic carbocycles. The van der Waals surface area contributed by atoms with E-state index < -0.39 is 0 Å². The van der Waals surface area contributed by atoms with Crippen LogP contribution in [-0.2, 0) is 6.42 Å². The van der Waals surface area contributed by atoms with Crippen LogP contribution in [0.3, 0.4) is 0 Å². The van der Waals surface area contributed by atoms with Crippen molar-refractivity contribution in [3.8, 4) is 5.69 Å². The maximum Gasteiger partial charge on any atom is 0.212 e. The Hall–Kier alpha value is -2.55. The second-order valence-electron chi connectivity index (χ2n) is 5.09. The molecule has 0 saturated carbocycles. The van der Waals surface area contributed by atoms with Gasteiger partial charge in [-0.1, -0.05) is 37.3 Å². The molecule has 0 amide bonds. The van der Waals surface area contributed by atoms with Crippen molar-refractivity contribution < 1.29 is 0 Å². The minimum atomic E-state index is 0.840. The van der Waals surface area contributed by atoms with Crippen LogP contribution in [0.15, 0.2) is 60.8 Å². The third kappa shape index (κ3) is 2.97. The molecule has 3 rings (SSSR count). The quantitative estimate of drug-likeness (QED) is 0.761. The van der Waals surface area contributed by atoms with E-state index in [2.05, 4.69) is 52.3 Å². The normalized spacial score (nSPS) is 10.6. The Balaban J connectivity index is 1.99. The third-order valence-corrected chi connectivity index (χ3v) is 3.45. The molecule has 106 valence electrons. The second-order valence-corrected chi connectivity index (χ2v) is 5.09. The molecule has 1 aromatic heterocycles. The lowest BCUT2D eigenvalue weighted by Crippen LogP contribution is -2.01. The minimum Gasteiger partial charge on any atom is -0.325 e. The number of benzene rings is 2. The summed E-state index contributed by atoms with van der Waals surface area (Å²) in [6, 6.07) is 18.7. The van der Waals surface area contributed by atoms with Crippen LogP contribution in [-0.4, -0.2) is 9.55 Å². The highest BCUT2D eigenvalue weighted by atomic mass is 15.2. The molecule has 0 fully saturated rings. The van der Waals surface area contributed by atoms with E-state index in [-0.39, 0.29) is 0 Å². The van der Waals surface area contributed by atoms with Gasteiger partial charge < -0.3 is 5.32 Å². The van der Waals surface area contributed by atoms with Crippen LogP contribution in [0.2, 0.25) is 0 Å². The van der Waals surface area contributed by atoms with Gasteiger partial charge in [0.1, 0.15) is 0 Å². The van der Waals surface area contributed by atoms with Crippen molar-refractivity contribution in [2.75, 3.05) is 5.32 Å². The lowest BCUT2D eigenvalue weighted by Gasteiger charge is -2.10. The fraction of sp³-hybridized carbons (Fsp3) is 0.167. The molecule has 21 heavy (non-hydrogen) atoms. The van der Waals surface area contributed by atoms with Gasteiger partial charge in [-0.3, -0.25) is 4.57 Å². The lowest BCUT2D eigenvalue weighted by molar-refractivity contribution is 1.04. The Morgan fingerprint density at radius 3 is 2.62 bits per heavy atom. The predicted octanol–water partition coefficient (Wildman–Crippen LogP) is 4.49. The van der Waals surface area contributed by atoms with Crippen molar-refractivity contribution in [1.29, 1.82) is 0 Å². The summed E-state index contributed by atoms with van der Waals surface area (Å²) < 4.78 is 2.10. The molecule has 0 atom stereocenters. The molecule has 1 heterocycles. The van der Waals surface area contributed by atoms with E-state index in [9.17, 15) is 0 Å². The number of anilines is 2. The summed E-state index contributed by atoms with van der Waals surface area (Å²) in [6.07, 6.45) is 3.09. The summed E-state index contributed by atoms with van der Waals surface area (Å²) >= 11 is 0. The number of aryl methyl sites for hydroxylation is 2. The number of hydrogen-bond acceptors (Lipinski definition) is 2. The van der Waals surface area contributed by atoms with Crippen LogP contribution in [0, 0.1) is 6.92 Å². The Labute approximate surface area is 125 Å².